The molecule has 5 rings (SSSR count). The van der Waals surface area contributed by atoms with Crippen molar-refractivity contribution in [1.82, 2.24) is 10.2 Å². The van der Waals surface area contributed by atoms with Crippen molar-refractivity contribution in [1.29, 1.82) is 0 Å². The molecule has 0 aromatic carbocycles. The molecule has 1 atom stereocenters. The van der Waals surface area contributed by atoms with Crippen LogP contribution in [0.25, 0.3) is 4.85 Å². The molecule has 4 saturated carbocycles. The van der Waals surface area contributed by atoms with E-state index in [4.69, 9.17) is 6.57 Å². The van der Waals surface area contributed by atoms with E-state index in [0.29, 0.717) is 6.54 Å². The first-order chi connectivity index (χ1) is 10.2. The molecule has 4 bridgehead atoms. The second kappa shape index (κ2) is 4.98. The van der Waals surface area contributed by atoms with Gasteiger partial charge in [0.1, 0.15) is 0 Å². The lowest BCUT2D eigenvalue weighted by Gasteiger charge is -2.57. The van der Waals surface area contributed by atoms with Crippen LogP contribution in [-0.4, -0.2) is 35.6 Å². The number of amides is 1. The summed E-state index contributed by atoms with van der Waals surface area (Å²) in [6.07, 6.45) is 9.76. The van der Waals surface area contributed by atoms with Gasteiger partial charge in [-0.2, -0.15) is 0 Å². The van der Waals surface area contributed by atoms with Crippen molar-refractivity contribution in [2.24, 2.45) is 17.8 Å². The summed E-state index contributed by atoms with van der Waals surface area (Å²) >= 11 is 0. The molecule has 1 saturated heterocycles. The monoisotopic (exact) mass is 287 g/mol. The SMILES string of the molecule is [C-]#[N+][C@@H]1CCCN1C(=O)CNC12CC3CC(CC(C3)C1)C2. The van der Waals surface area contributed by atoms with E-state index in [0.717, 1.165) is 37.1 Å². The topological polar surface area (TPSA) is 36.7 Å². The van der Waals surface area contributed by atoms with E-state index in [-0.39, 0.29) is 17.6 Å². The van der Waals surface area contributed by atoms with Crippen molar-refractivity contribution in [3.05, 3.63) is 11.4 Å². The lowest BCUT2D eigenvalue weighted by atomic mass is 9.53. The van der Waals surface area contributed by atoms with Gasteiger partial charge in [-0.3, -0.25) is 14.5 Å². The molecule has 0 aromatic heterocycles. The van der Waals surface area contributed by atoms with Gasteiger partial charge in [0.15, 0.2) is 0 Å². The highest BCUT2D eigenvalue weighted by Gasteiger charge is 2.50. The maximum absolute atomic E-state index is 12.4. The van der Waals surface area contributed by atoms with Crippen molar-refractivity contribution in [2.75, 3.05) is 13.1 Å². The minimum absolute atomic E-state index is 0.143. The van der Waals surface area contributed by atoms with Gasteiger partial charge in [0.25, 0.3) is 0 Å². The zero-order valence-corrected chi connectivity index (χ0v) is 12.7. The standard InChI is InChI=1S/C17H25N3O/c1-18-15-3-2-4-20(15)16(21)11-19-17-8-12-5-13(9-17)7-14(6-12)10-17/h12-15,19H,2-11H2/t12?,13?,14?,15-,17?/m0/s1. The van der Waals surface area contributed by atoms with Gasteiger partial charge < -0.3 is 5.32 Å². The highest BCUT2D eigenvalue weighted by molar-refractivity contribution is 5.79. The van der Waals surface area contributed by atoms with E-state index in [1.807, 2.05) is 0 Å². The molecule has 1 aliphatic heterocycles. The zero-order valence-electron chi connectivity index (χ0n) is 12.7. The average molecular weight is 287 g/mol. The van der Waals surface area contributed by atoms with Crippen molar-refractivity contribution < 1.29 is 4.79 Å². The van der Waals surface area contributed by atoms with Gasteiger partial charge in [-0.1, -0.05) is 0 Å². The molecular weight excluding hydrogens is 262 g/mol. The molecular formula is C17H25N3O. The van der Waals surface area contributed by atoms with E-state index in [1.165, 1.54) is 38.5 Å². The fourth-order valence-corrected chi connectivity index (χ4v) is 5.87. The van der Waals surface area contributed by atoms with Gasteiger partial charge in [0.05, 0.1) is 6.54 Å². The fourth-order valence-electron chi connectivity index (χ4n) is 5.87. The first-order valence-corrected chi connectivity index (χ1v) is 8.58. The van der Waals surface area contributed by atoms with E-state index in [1.54, 1.807) is 4.90 Å². The lowest BCUT2D eigenvalue weighted by molar-refractivity contribution is -0.131. The van der Waals surface area contributed by atoms with Gasteiger partial charge in [0, 0.05) is 18.5 Å². The van der Waals surface area contributed by atoms with Crippen LogP contribution < -0.4 is 5.32 Å². The summed E-state index contributed by atoms with van der Waals surface area (Å²) in [6.45, 7) is 8.42. The first-order valence-electron chi connectivity index (χ1n) is 8.58. The number of carbonyl (C=O) groups is 1. The summed E-state index contributed by atoms with van der Waals surface area (Å²) in [7, 11) is 0. The number of hydrogen-bond acceptors (Lipinski definition) is 2. The second-order valence-corrected chi connectivity index (χ2v) is 7.89. The molecule has 5 aliphatic rings. The van der Waals surface area contributed by atoms with Crippen LogP contribution >= 0.6 is 0 Å². The molecule has 1 amide bonds. The van der Waals surface area contributed by atoms with Crippen LogP contribution in [0.4, 0.5) is 0 Å². The predicted octanol–water partition coefficient (Wildman–Crippen LogP) is 2.41. The van der Waals surface area contributed by atoms with Crippen molar-refractivity contribution in [2.45, 2.75) is 63.1 Å². The largest absolute Gasteiger partial charge is 0.303 e. The minimum atomic E-state index is -0.198. The zero-order chi connectivity index (χ0) is 14.4. The third-order valence-corrected chi connectivity index (χ3v) is 6.34. The Balaban J connectivity index is 1.38. The maximum atomic E-state index is 12.4. The summed E-state index contributed by atoms with van der Waals surface area (Å²) in [5.74, 6) is 2.86. The Morgan fingerprint density at radius 2 is 1.81 bits per heavy atom. The van der Waals surface area contributed by atoms with Crippen LogP contribution in [0.1, 0.15) is 51.4 Å². The van der Waals surface area contributed by atoms with E-state index >= 15 is 0 Å². The average Bonchev–Trinajstić information content (AvgIpc) is 2.92. The number of nitrogens with zero attached hydrogens (tertiary/aromatic N) is 2. The molecule has 0 unspecified atom stereocenters. The summed E-state index contributed by atoms with van der Waals surface area (Å²) in [6, 6.07) is 0. The third-order valence-electron chi connectivity index (χ3n) is 6.34. The summed E-state index contributed by atoms with van der Waals surface area (Å²) in [5.41, 5.74) is 0.248. The molecule has 5 fully saturated rings. The van der Waals surface area contributed by atoms with Gasteiger partial charge in [0.2, 0.25) is 5.91 Å². The molecule has 4 heteroatoms. The molecule has 1 heterocycles. The molecule has 4 nitrogen and oxygen atoms in total. The fraction of sp³-hybridized carbons (Fsp3) is 0.882. The molecule has 114 valence electrons. The summed E-state index contributed by atoms with van der Waals surface area (Å²) in [4.78, 5) is 17.8. The highest BCUT2D eigenvalue weighted by atomic mass is 16.2. The van der Waals surface area contributed by atoms with E-state index in [9.17, 15) is 4.79 Å². The van der Waals surface area contributed by atoms with Crippen molar-refractivity contribution in [3.8, 4) is 0 Å². The van der Waals surface area contributed by atoms with Crippen LogP contribution in [0.3, 0.4) is 0 Å². The Morgan fingerprint density at radius 3 is 2.38 bits per heavy atom. The molecule has 21 heavy (non-hydrogen) atoms. The second-order valence-electron chi connectivity index (χ2n) is 7.89. The van der Waals surface area contributed by atoms with Crippen LogP contribution in [-0.2, 0) is 4.79 Å². The molecule has 0 radical (unpaired) electrons. The molecule has 0 spiro atoms. The third kappa shape index (κ3) is 2.36. The Kier molecular flexibility index (Phi) is 3.22. The number of nitrogens with one attached hydrogen (secondary N) is 1. The first kappa shape index (κ1) is 13.6. The number of rotatable bonds is 3. The van der Waals surface area contributed by atoms with Crippen LogP contribution in [0.15, 0.2) is 0 Å². The number of hydrogen-bond donors (Lipinski definition) is 1. The molecule has 4 aliphatic carbocycles. The van der Waals surface area contributed by atoms with E-state index in [2.05, 4.69) is 10.2 Å². The summed E-state index contributed by atoms with van der Waals surface area (Å²) in [5, 5.41) is 3.65. The Morgan fingerprint density at radius 1 is 1.19 bits per heavy atom. The van der Waals surface area contributed by atoms with Gasteiger partial charge in [-0.15, -0.1) is 0 Å². The van der Waals surface area contributed by atoms with Crippen LogP contribution in [0.2, 0.25) is 0 Å². The maximum Gasteiger partial charge on any atom is 0.300 e. The Labute approximate surface area is 127 Å². The summed E-state index contributed by atoms with van der Waals surface area (Å²) < 4.78 is 0. The quantitative estimate of drug-likeness (QED) is 0.809. The number of likely N-dealkylation sites (tertiary alicyclic amines) is 1. The van der Waals surface area contributed by atoms with Crippen molar-refractivity contribution in [3.63, 3.8) is 0 Å². The smallest absolute Gasteiger partial charge is 0.300 e. The normalized spacial score (nSPS) is 44.0. The molecule has 0 aromatic rings. The lowest BCUT2D eigenvalue weighted by Crippen LogP contribution is -2.60. The highest BCUT2D eigenvalue weighted by Crippen LogP contribution is 2.55. The van der Waals surface area contributed by atoms with Gasteiger partial charge >= 0.3 is 6.17 Å². The van der Waals surface area contributed by atoms with E-state index < -0.39 is 0 Å². The van der Waals surface area contributed by atoms with Gasteiger partial charge in [-0.05, 0) is 62.7 Å². The van der Waals surface area contributed by atoms with Crippen LogP contribution in [0, 0.1) is 24.3 Å². The van der Waals surface area contributed by atoms with Crippen molar-refractivity contribution >= 4 is 5.91 Å². The minimum Gasteiger partial charge on any atom is -0.303 e. The van der Waals surface area contributed by atoms with Gasteiger partial charge in [-0.25, -0.2) is 6.57 Å². The number of carbonyl (C=O) groups excluding carboxylic acids is 1. The van der Waals surface area contributed by atoms with Crippen LogP contribution in [0.5, 0.6) is 0 Å². The predicted molar refractivity (Wildman–Crippen MR) is 80.2 cm³/mol. The Hall–Kier alpha value is -1.08. The molecule has 1 N–H and O–H groups in total. The Bertz CT molecular complexity index is 446.